The molecule has 0 aliphatic rings. The van der Waals surface area contributed by atoms with E-state index in [0.29, 0.717) is 0 Å². The Kier molecular flexibility index (Phi) is 7.21. The Morgan fingerprint density at radius 3 is 1.84 bits per heavy atom. The number of methoxy groups -OCH3 is 1. The van der Waals surface area contributed by atoms with Crippen LogP contribution < -0.4 is 0 Å². The molecule has 0 rings (SSSR count). The van der Waals surface area contributed by atoms with Crippen LogP contribution in [0.3, 0.4) is 0 Å². The van der Waals surface area contributed by atoms with E-state index in [1.807, 2.05) is 0 Å². The van der Waals surface area contributed by atoms with Gasteiger partial charge in [0.1, 0.15) is 0 Å². The van der Waals surface area contributed by atoms with Gasteiger partial charge in [-0.25, -0.2) is 4.79 Å². The third kappa shape index (κ3) is 7.29. The van der Waals surface area contributed by atoms with E-state index >= 15 is 0 Å². The molecule has 10 heteroatoms. The van der Waals surface area contributed by atoms with Gasteiger partial charge in [0.2, 0.25) is 6.10 Å². The Balaban J connectivity index is 6.22. The van der Waals surface area contributed by atoms with E-state index < -0.39 is 74.8 Å². The average Bonchev–Trinajstić information content (AvgIpc) is 2.71. The Hall–Kier alpha value is -2.49. The highest BCUT2D eigenvalue weighted by Crippen LogP contribution is 2.19. The molecule has 25 heavy (non-hydrogen) atoms. The molecule has 0 amide bonds. The molecular weight excluding hydrogens is 340 g/mol. The molecular formula is C15H22O10. The molecule has 0 saturated carbocycles. The first-order chi connectivity index (χ1) is 13.2. The van der Waals surface area contributed by atoms with Crippen LogP contribution in [0.2, 0.25) is 0 Å². The maximum absolute atomic E-state index is 12.2. The molecule has 1 N–H and O–H groups in total. The second kappa shape index (κ2) is 10.4. The smallest absolute Gasteiger partial charge is 0.338 e. The van der Waals surface area contributed by atoms with Gasteiger partial charge in [-0.1, -0.05) is 6.92 Å². The molecule has 0 unspecified atom stereocenters. The number of hydrogen-bond donors (Lipinski definition) is 1. The molecule has 0 aliphatic carbocycles. The minimum Gasteiger partial charge on any atom is -0.467 e. The molecule has 0 radical (unpaired) electrons. The van der Waals surface area contributed by atoms with Crippen LogP contribution in [-0.4, -0.2) is 66.3 Å². The Bertz CT molecular complexity index is 582. The zero-order chi connectivity index (χ0) is 21.9. The van der Waals surface area contributed by atoms with E-state index in [4.69, 9.17) is 18.3 Å². The van der Waals surface area contributed by atoms with Crippen molar-refractivity contribution in [3.05, 3.63) is 0 Å². The minimum absolute atomic E-state index is 0.252. The van der Waals surface area contributed by atoms with Crippen molar-refractivity contribution in [1.82, 2.24) is 0 Å². The van der Waals surface area contributed by atoms with Crippen molar-refractivity contribution in [2.24, 2.45) is 0 Å². The normalized spacial score (nSPS) is 16.7. The highest BCUT2D eigenvalue weighted by molar-refractivity contribution is 5.86. The maximum Gasteiger partial charge on any atom is 0.338 e. The predicted octanol–water partition coefficient (Wildman–Crippen LogP) is -0.705. The fourth-order valence-corrected chi connectivity index (χ4v) is 1.83. The summed E-state index contributed by atoms with van der Waals surface area (Å²) in [7, 11) is 0.897. The van der Waals surface area contributed by atoms with Crippen LogP contribution in [0.15, 0.2) is 0 Å². The van der Waals surface area contributed by atoms with E-state index in [9.17, 15) is 29.1 Å². The fraction of sp³-hybridized carbons (Fsp3) is 0.667. The molecule has 0 aromatic carbocycles. The lowest BCUT2D eigenvalue weighted by Gasteiger charge is -2.32. The largest absolute Gasteiger partial charge is 0.467 e. The van der Waals surface area contributed by atoms with E-state index in [-0.39, 0.29) is 6.42 Å². The van der Waals surface area contributed by atoms with Crippen LogP contribution in [0.4, 0.5) is 0 Å². The molecule has 4 atom stereocenters. The highest BCUT2D eigenvalue weighted by atomic mass is 16.6. The summed E-state index contributed by atoms with van der Waals surface area (Å²) in [5, 5.41) is 10.1. The summed E-state index contributed by atoms with van der Waals surface area (Å²) >= 11 is 0. The number of hydrogen-bond acceptors (Lipinski definition) is 10. The number of esters is 4. The van der Waals surface area contributed by atoms with Gasteiger partial charge in [-0.05, 0) is 0 Å². The molecule has 0 heterocycles. The van der Waals surface area contributed by atoms with Crippen molar-refractivity contribution in [3.8, 4) is 0 Å². The van der Waals surface area contributed by atoms with Gasteiger partial charge in [0.15, 0.2) is 24.1 Å². The quantitative estimate of drug-likeness (QED) is 0.411. The molecule has 0 aromatic heterocycles. The summed E-state index contributed by atoms with van der Waals surface area (Å²) in [6.07, 6.45) is -8.57. The molecule has 0 aromatic rings. The summed E-state index contributed by atoms with van der Waals surface area (Å²) in [6, 6.07) is 0. The summed E-state index contributed by atoms with van der Waals surface area (Å²) in [6.45, 7) is -1.41. The molecule has 0 aliphatic heterocycles. The van der Waals surface area contributed by atoms with Crippen LogP contribution in [0, 0.1) is 0 Å². The maximum atomic E-state index is 12.2. The first kappa shape index (κ1) is 17.3. The molecule has 0 bridgehead atoms. The van der Waals surface area contributed by atoms with Crippen LogP contribution in [0.25, 0.3) is 0 Å². The van der Waals surface area contributed by atoms with E-state index in [1.54, 1.807) is 0 Å². The lowest BCUT2D eigenvalue weighted by molar-refractivity contribution is -0.198. The van der Waals surface area contributed by atoms with Crippen LogP contribution >= 0.6 is 0 Å². The van der Waals surface area contributed by atoms with Gasteiger partial charge in [0.05, 0.1) is 7.11 Å². The lowest BCUT2D eigenvalue weighted by Crippen LogP contribution is -2.55. The second-order valence-corrected chi connectivity index (χ2v) is 4.61. The third-order valence-electron chi connectivity index (χ3n) is 2.84. The van der Waals surface area contributed by atoms with Crippen molar-refractivity contribution in [2.45, 2.75) is 58.5 Å². The monoisotopic (exact) mass is 365 g/mol. The SMILES string of the molecule is [2H]CC(=O)O[C@@H]([C@H](OC(=O)C[2H])[C@@H](OC(=O)C[2H])C(=O)CC)[C@H](O)C(=O)OC. The standard InChI is InChI=1S/C15H22O10/c1-6-10(19)12(23-7(2)16)14(25-9(4)18)13(24-8(3)17)11(20)15(21)22-5/h11-14,20H,6H2,1-5H3/t11-,12-,13+,14+/m0/s1/i2D,3D,4D. The van der Waals surface area contributed by atoms with E-state index in [1.165, 1.54) is 6.92 Å². The van der Waals surface area contributed by atoms with Crippen LogP contribution in [0.5, 0.6) is 0 Å². The number of aliphatic hydroxyl groups excluding tert-OH is 1. The summed E-state index contributed by atoms with van der Waals surface area (Å²) in [4.78, 5) is 58.7. The number of carbonyl (C=O) groups is 5. The van der Waals surface area contributed by atoms with Gasteiger partial charge in [-0.3, -0.25) is 19.2 Å². The summed E-state index contributed by atoms with van der Waals surface area (Å²) < 4.78 is 39.8. The zero-order valence-corrected chi connectivity index (χ0v) is 13.8. The van der Waals surface area contributed by atoms with Crippen molar-refractivity contribution in [1.29, 1.82) is 0 Å². The second-order valence-electron chi connectivity index (χ2n) is 4.61. The minimum atomic E-state index is -2.27. The predicted molar refractivity (Wildman–Crippen MR) is 80.0 cm³/mol. The molecule has 0 spiro atoms. The van der Waals surface area contributed by atoms with Crippen molar-refractivity contribution < 1.29 is 52.1 Å². The van der Waals surface area contributed by atoms with Crippen molar-refractivity contribution >= 4 is 29.7 Å². The lowest BCUT2D eigenvalue weighted by atomic mass is 9.98. The molecule has 0 fully saturated rings. The van der Waals surface area contributed by atoms with Gasteiger partial charge in [0.25, 0.3) is 0 Å². The first-order valence-electron chi connectivity index (χ1n) is 9.03. The van der Waals surface area contributed by atoms with Crippen molar-refractivity contribution in [2.75, 3.05) is 7.11 Å². The number of ether oxygens (including phenoxy) is 4. The number of rotatable bonds is 9. The fourth-order valence-electron chi connectivity index (χ4n) is 1.83. The Labute approximate surface area is 148 Å². The van der Waals surface area contributed by atoms with E-state index in [0.717, 1.165) is 7.11 Å². The molecule has 142 valence electrons. The Morgan fingerprint density at radius 2 is 1.40 bits per heavy atom. The zero-order valence-electron chi connectivity index (χ0n) is 16.8. The topological polar surface area (TPSA) is 142 Å². The Morgan fingerprint density at radius 1 is 0.920 bits per heavy atom. The average molecular weight is 365 g/mol. The van der Waals surface area contributed by atoms with Crippen molar-refractivity contribution in [3.63, 3.8) is 0 Å². The third-order valence-corrected chi connectivity index (χ3v) is 2.84. The van der Waals surface area contributed by atoms with Gasteiger partial charge in [0, 0.05) is 31.2 Å². The van der Waals surface area contributed by atoms with Crippen LogP contribution in [-0.2, 0) is 42.9 Å². The summed E-state index contributed by atoms with van der Waals surface area (Å²) in [5.41, 5.74) is 0. The van der Waals surface area contributed by atoms with E-state index in [2.05, 4.69) is 4.74 Å². The highest BCUT2D eigenvalue weighted by Gasteiger charge is 2.46. The number of aliphatic hydroxyl groups is 1. The number of carbonyl (C=O) groups excluding carboxylic acids is 5. The van der Waals surface area contributed by atoms with Gasteiger partial charge >= 0.3 is 23.9 Å². The van der Waals surface area contributed by atoms with Gasteiger partial charge < -0.3 is 24.1 Å². The van der Waals surface area contributed by atoms with Gasteiger partial charge in [-0.2, -0.15) is 0 Å². The molecule has 10 nitrogen and oxygen atoms in total. The number of Topliss-reactive ketones (excluding diaryl/α,β-unsaturated/α-hetero) is 1. The van der Waals surface area contributed by atoms with Crippen LogP contribution in [0.1, 0.15) is 38.2 Å². The van der Waals surface area contributed by atoms with Gasteiger partial charge in [-0.15, -0.1) is 0 Å². The number of ketones is 1. The first-order valence-corrected chi connectivity index (χ1v) is 6.91. The molecule has 0 saturated heterocycles. The summed E-state index contributed by atoms with van der Waals surface area (Å²) in [5.74, 6) is -5.87.